The second kappa shape index (κ2) is 9.17. The molecule has 29 heavy (non-hydrogen) atoms. The number of aryl methyl sites for hydroxylation is 3. The number of nitrogens with one attached hydrogen (secondary N) is 1. The molecule has 9 heteroatoms. The van der Waals surface area contributed by atoms with Crippen molar-refractivity contribution in [2.45, 2.75) is 46.2 Å². The largest absolute Gasteiger partial charge is 0.385 e. The molecule has 1 aromatic carbocycles. The first kappa shape index (κ1) is 21.6. The van der Waals surface area contributed by atoms with Crippen LogP contribution in [0.4, 0.5) is 5.69 Å². The van der Waals surface area contributed by atoms with E-state index in [2.05, 4.69) is 26.2 Å². The third kappa shape index (κ3) is 4.43. The quantitative estimate of drug-likeness (QED) is 0.390. The summed E-state index contributed by atoms with van der Waals surface area (Å²) in [6.07, 6.45) is 2.46. The van der Waals surface area contributed by atoms with Gasteiger partial charge in [-0.25, -0.2) is 9.78 Å². The summed E-state index contributed by atoms with van der Waals surface area (Å²) in [7, 11) is 1.65. The Hall–Kier alpha value is -2.06. The summed E-state index contributed by atoms with van der Waals surface area (Å²) in [4.78, 5) is 30.0. The number of anilines is 1. The molecule has 0 aliphatic rings. The molecule has 1 N–H and O–H groups in total. The Balaban J connectivity index is 1.85. The number of imidazole rings is 1. The van der Waals surface area contributed by atoms with Gasteiger partial charge in [0, 0.05) is 37.4 Å². The van der Waals surface area contributed by atoms with E-state index in [1.165, 1.54) is 9.13 Å². The molecule has 0 fully saturated rings. The van der Waals surface area contributed by atoms with Crippen molar-refractivity contribution in [1.82, 2.24) is 18.7 Å². The Morgan fingerprint density at radius 1 is 1.17 bits per heavy atom. The fourth-order valence-corrected chi connectivity index (χ4v) is 4.00. The fraction of sp³-hybridized carbons (Fsp3) is 0.450. The van der Waals surface area contributed by atoms with Gasteiger partial charge >= 0.3 is 5.69 Å². The predicted molar refractivity (Wildman–Crippen MR) is 121 cm³/mol. The van der Waals surface area contributed by atoms with Gasteiger partial charge in [0.05, 0.1) is 0 Å². The zero-order valence-corrected chi connectivity index (χ0v) is 19.2. The van der Waals surface area contributed by atoms with E-state index in [9.17, 15) is 9.59 Å². The number of halogens is 2. The third-order valence-electron chi connectivity index (χ3n) is 4.99. The van der Waals surface area contributed by atoms with Gasteiger partial charge < -0.3 is 9.88 Å². The Morgan fingerprint density at radius 2 is 1.90 bits per heavy atom. The van der Waals surface area contributed by atoms with E-state index in [4.69, 9.17) is 11.6 Å². The molecule has 0 atom stereocenters. The van der Waals surface area contributed by atoms with Crippen molar-refractivity contribution in [2.75, 3.05) is 11.9 Å². The average molecular weight is 483 g/mol. The maximum Gasteiger partial charge on any atom is 0.332 e. The van der Waals surface area contributed by atoms with E-state index in [-0.39, 0.29) is 11.2 Å². The Morgan fingerprint density at radius 3 is 2.62 bits per heavy atom. The van der Waals surface area contributed by atoms with E-state index >= 15 is 0 Å². The van der Waals surface area contributed by atoms with Crippen molar-refractivity contribution in [3.8, 4) is 0 Å². The maximum absolute atomic E-state index is 13.0. The first-order valence-electron chi connectivity index (χ1n) is 9.70. The molecule has 2 heterocycles. The second-order valence-corrected chi connectivity index (χ2v) is 8.24. The molecule has 0 radical (unpaired) electrons. The summed E-state index contributed by atoms with van der Waals surface area (Å²) in [6, 6.07) is 5.75. The minimum Gasteiger partial charge on any atom is -0.385 e. The molecule has 2 aromatic heterocycles. The van der Waals surface area contributed by atoms with Crippen molar-refractivity contribution in [3.63, 3.8) is 0 Å². The van der Waals surface area contributed by atoms with Gasteiger partial charge in [0.25, 0.3) is 5.56 Å². The van der Waals surface area contributed by atoms with Crippen LogP contribution in [0.2, 0.25) is 5.02 Å². The Labute approximate surface area is 182 Å². The summed E-state index contributed by atoms with van der Waals surface area (Å²) in [5, 5.41) is 4.08. The van der Waals surface area contributed by atoms with E-state index in [1.54, 1.807) is 7.05 Å². The summed E-state index contributed by atoms with van der Waals surface area (Å²) in [5.74, 6) is 0. The van der Waals surface area contributed by atoms with Gasteiger partial charge in [-0.2, -0.15) is 0 Å². The highest BCUT2D eigenvalue weighted by Crippen LogP contribution is 2.21. The number of hydrogen-bond acceptors (Lipinski definition) is 4. The lowest BCUT2D eigenvalue weighted by Crippen LogP contribution is -2.39. The van der Waals surface area contributed by atoms with Crippen molar-refractivity contribution < 1.29 is 0 Å². The molecule has 0 bridgehead atoms. The maximum atomic E-state index is 13.0. The van der Waals surface area contributed by atoms with Crippen LogP contribution in [0.15, 0.2) is 32.5 Å². The first-order chi connectivity index (χ1) is 13.8. The smallest absolute Gasteiger partial charge is 0.332 e. The number of fused-ring (bicyclic) bond motifs is 1. The molecule has 156 valence electrons. The zero-order chi connectivity index (χ0) is 21.1. The molecule has 0 aliphatic heterocycles. The van der Waals surface area contributed by atoms with Crippen LogP contribution in [0.3, 0.4) is 0 Å². The van der Waals surface area contributed by atoms with Gasteiger partial charge in [-0.1, -0.05) is 31.0 Å². The summed E-state index contributed by atoms with van der Waals surface area (Å²) in [6.45, 7) is 5.77. The van der Waals surface area contributed by atoms with Crippen molar-refractivity contribution >= 4 is 44.4 Å². The van der Waals surface area contributed by atoms with Crippen LogP contribution in [0.1, 0.15) is 31.7 Å². The molecule has 0 saturated carbocycles. The minimum absolute atomic E-state index is 0.284. The molecular formula is C20H25BrClN5O2. The lowest BCUT2D eigenvalue weighted by molar-refractivity contribution is 0.563. The SMILES string of the molecule is CCCCn1c(=O)c2c(nc(Br)n2CCCNc2cc(Cl)ccc2C)n(C)c1=O. The second-order valence-electron chi connectivity index (χ2n) is 7.10. The van der Waals surface area contributed by atoms with Crippen LogP contribution in [0.25, 0.3) is 11.2 Å². The monoisotopic (exact) mass is 481 g/mol. The van der Waals surface area contributed by atoms with Crippen LogP contribution >= 0.6 is 27.5 Å². The van der Waals surface area contributed by atoms with E-state index < -0.39 is 0 Å². The van der Waals surface area contributed by atoms with Crippen molar-refractivity contribution in [1.29, 1.82) is 0 Å². The van der Waals surface area contributed by atoms with Crippen molar-refractivity contribution in [2.24, 2.45) is 7.05 Å². The Kier molecular flexibility index (Phi) is 6.85. The van der Waals surface area contributed by atoms with Gasteiger partial charge in [0.1, 0.15) is 0 Å². The highest BCUT2D eigenvalue weighted by atomic mass is 79.9. The highest BCUT2D eigenvalue weighted by Gasteiger charge is 2.18. The molecule has 7 nitrogen and oxygen atoms in total. The van der Waals surface area contributed by atoms with E-state index in [1.807, 2.05) is 36.6 Å². The molecule has 0 amide bonds. The summed E-state index contributed by atoms with van der Waals surface area (Å²) in [5.41, 5.74) is 2.36. The number of aromatic nitrogens is 4. The number of rotatable bonds is 8. The summed E-state index contributed by atoms with van der Waals surface area (Å²) < 4.78 is 5.14. The molecule has 0 saturated heterocycles. The number of unbranched alkanes of at least 4 members (excludes halogenated alkanes) is 1. The van der Waals surface area contributed by atoms with Crippen LogP contribution in [0.5, 0.6) is 0 Å². The number of hydrogen-bond donors (Lipinski definition) is 1. The van der Waals surface area contributed by atoms with E-state index in [0.717, 1.165) is 30.5 Å². The molecular weight excluding hydrogens is 458 g/mol. The Bertz CT molecular complexity index is 1150. The van der Waals surface area contributed by atoms with Gasteiger partial charge in [0.2, 0.25) is 0 Å². The normalized spacial score (nSPS) is 11.3. The fourth-order valence-electron chi connectivity index (χ4n) is 3.31. The molecule has 3 rings (SSSR count). The number of benzene rings is 1. The topological polar surface area (TPSA) is 73.8 Å². The van der Waals surface area contributed by atoms with Gasteiger partial charge in [-0.05, 0) is 53.4 Å². The van der Waals surface area contributed by atoms with E-state index in [0.29, 0.717) is 40.6 Å². The first-order valence-corrected chi connectivity index (χ1v) is 10.9. The lowest BCUT2D eigenvalue weighted by atomic mass is 10.2. The average Bonchev–Trinajstić information content (AvgIpc) is 3.02. The molecule has 3 aromatic rings. The molecule has 0 spiro atoms. The highest BCUT2D eigenvalue weighted by molar-refractivity contribution is 9.10. The standard InChI is InChI=1S/C20H25BrClN5O2/c1-4-5-10-27-18(28)16-17(25(3)20(27)29)24-19(21)26(16)11-6-9-23-15-12-14(22)8-7-13(15)2/h7-8,12,23H,4-6,9-11H2,1-3H3. The molecule has 0 aliphatic carbocycles. The summed E-state index contributed by atoms with van der Waals surface area (Å²) >= 11 is 9.52. The predicted octanol–water partition coefficient (Wildman–Crippen LogP) is 3.92. The van der Waals surface area contributed by atoms with Gasteiger partial charge in [0.15, 0.2) is 15.9 Å². The van der Waals surface area contributed by atoms with Crippen LogP contribution in [-0.4, -0.2) is 25.2 Å². The minimum atomic E-state index is -0.328. The van der Waals surface area contributed by atoms with Gasteiger partial charge in [-0.15, -0.1) is 0 Å². The van der Waals surface area contributed by atoms with Gasteiger partial charge in [-0.3, -0.25) is 13.9 Å². The number of nitrogens with zero attached hydrogens (tertiary/aromatic N) is 4. The van der Waals surface area contributed by atoms with Crippen molar-refractivity contribution in [3.05, 3.63) is 54.4 Å². The van der Waals surface area contributed by atoms with Crippen LogP contribution < -0.4 is 16.6 Å². The molecule has 0 unspecified atom stereocenters. The zero-order valence-electron chi connectivity index (χ0n) is 16.8. The van der Waals surface area contributed by atoms with Crippen LogP contribution in [-0.2, 0) is 20.1 Å². The lowest BCUT2D eigenvalue weighted by Gasteiger charge is -2.12. The van der Waals surface area contributed by atoms with Crippen LogP contribution in [0, 0.1) is 6.92 Å². The third-order valence-corrected chi connectivity index (χ3v) is 5.84.